The molecule has 1 aromatic carbocycles. The van der Waals surface area contributed by atoms with Gasteiger partial charge in [-0.25, -0.2) is 8.78 Å². The molecule has 1 fully saturated rings. The lowest BCUT2D eigenvalue weighted by Gasteiger charge is -2.28. The standard InChI is InChI=1S/C17H23F2N3O2/c1-11-9-13(6-8-20-11)22-16(23)3-2-7-21-17(24)14-5-4-12(18)10-15(14)19/h4-5,10-11,13,20H,2-3,6-9H2,1H3,(H,21,24)(H,22,23). The molecule has 1 aromatic rings. The maximum Gasteiger partial charge on any atom is 0.254 e. The number of hydrogen-bond donors (Lipinski definition) is 3. The number of carbonyl (C=O) groups is 2. The highest BCUT2D eigenvalue weighted by Crippen LogP contribution is 2.10. The lowest BCUT2D eigenvalue weighted by Crippen LogP contribution is -2.46. The van der Waals surface area contributed by atoms with Crippen molar-refractivity contribution in [3.8, 4) is 0 Å². The van der Waals surface area contributed by atoms with Crippen molar-refractivity contribution >= 4 is 11.8 Å². The first-order valence-electron chi connectivity index (χ1n) is 8.21. The Kier molecular flexibility index (Phi) is 6.66. The number of hydrogen-bond acceptors (Lipinski definition) is 3. The molecule has 1 saturated heterocycles. The van der Waals surface area contributed by atoms with Gasteiger partial charge in [-0.15, -0.1) is 0 Å². The maximum atomic E-state index is 13.5. The Morgan fingerprint density at radius 2 is 2.12 bits per heavy atom. The Morgan fingerprint density at radius 3 is 2.83 bits per heavy atom. The zero-order valence-corrected chi connectivity index (χ0v) is 13.7. The second-order valence-electron chi connectivity index (χ2n) is 6.13. The van der Waals surface area contributed by atoms with E-state index in [9.17, 15) is 18.4 Å². The van der Waals surface area contributed by atoms with Crippen LogP contribution in [0.1, 0.15) is 43.0 Å². The summed E-state index contributed by atoms with van der Waals surface area (Å²) in [6, 6.07) is 3.39. The van der Waals surface area contributed by atoms with E-state index in [4.69, 9.17) is 0 Å². The van der Waals surface area contributed by atoms with Crippen molar-refractivity contribution in [3.05, 3.63) is 35.4 Å². The Morgan fingerprint density at radius 1 is 1.33 bits per heavy atom. The van der Waals surface area contributed by atoms with E-state index in [1.807, 2.05) is 0 Å². The normalized spacial score (nSPS) is 20.5. The average Bonchev–Trinajstić information content (AvgIpc) is 2.51. The second kappa shape index (κ2) is 8.73. The van der Waals surface area contributed by atoms with E-state index in [-0.39, 0.29) is 24.1 Å². The fourth-order valence-electron chi connectivity index (χ4n) is 2.78. The van der Waals surface area contributed by atoms with E-state index < -0.39 is 17.5 Å². The van der Waals surface area contributed by atoms with Gasteiger partial charge in [-0.3, -0.25) is 9.59 Å². The maximum absolute atomic E-state index is 13.5. The van der Waals surface area contributed by atoms with Crippen molar-refractivity contribution in [2.24, 2.45) is 0 Å². The first-order chi connectivity index (χ1) is 11.5. The minimum absolute atomic E-state index is 0.0451. The van der Waals surface area contributed by atoms with Gasteiger partial charge in [0.1, 0.15) is 11.6 Å². The van der Waals surface area contributed by atoms with Gasteiger partial charge in [0.25, 0.3) is 5.91 Å². The molecule has 0 saturated carbocycles. The van der Waals surface area contributed by atoms with Crippen LogP contribution in [-0.4, -0.2) is 37.0 Å². The molecule has 7 heteroatoms. The molecule has 1 aliphatic rings. The molecule has 5 nitrogen and oxygen atoms in total. The van der Waals surface area contributed by atoms with E-state index in [0.29, 0.717) is 24.9 Å². The predicted molar refractivity (Wildman–Crippen MR) is 86.6 cm³/mol. The summed E-state index contributed by atoms with van der Waals surface area (Å²) in [6.45, 7) is 3.24. The molecule has 0 bridgehead atoms. The number of nitrogens with one attached hydrogen (secondary N) is 3. The van der Waals surface area contributed by atoms with Gasteiger partial charge >= 0.3 is 0 Å². The van der Waals surface area contributed by atoms with Crippen LogP contribution in [0.4, 0.5) is 8.78 Å². The zero-order chi connectivity index (χ0) is 17.5. The number of halogens is 2. The lowest BCUT2D eigenvalue weighted by atomic mass is 10.0. The van der Waals surface area contributed by atoms with E-state index in [1.165, 1.54) is 0 Å². The molecule has 2 unspecified atom stereocenters. The Labute approximate surface area is 140 Å². The van der Waals surface area contributed by atoms with Crippen molar-refractivity contribution in [2.75, 3.05) is 13.1 Å². The predicted octanol–water partition coefficient (Wildman–Crippen LogP) is 1.73. The molecule has 0 aromatic heterocycles. The number of piperidine rings is 1. The topological polar surface area (TPSA) is 70.2 Å². The van der Waals surface area contributed by atoms with E-state index >= 15 is 0 Å². The number of amides is 2. The zero-order valence-electron chi connectivity index (χ0n) is 13.7. The van der Waals surface area contributed by atoms with Crippen molar-refractivity contribution in [3.63, 3.8) is 0 Å². The fourth-order valence-corrected chi connectivity index (χ4v) is 2.78. The summed E-state index contributed by atoms with van der Waals surface area (Å²) in [5, 5.41) is 8.85. The van der Waals surface area contributed by atoms with Crippen LogP contribution in [-0.2, 0) is 4.79 Å². The van der Waals surface area contributed by atoms with Gasteiger partial charge in [0.15, 0.2) is 0 Å². The van der Waals surface area contributed by atoms with Crippen LogP contribution in [0.2, 0.25) is 0 Å². The SMILES string of the molecule is CC1CC(NC(=O)CCCNC(=O)c2ccc(F)cc2F)CCN1. The third-order valence-electron chi connectivity index (χ3n) is 4.03. The second-order valence-corrected chi connectivity index (χ2v) is 6.13. The molecule has 2 rings (SSSR count). The minimum atomic E-state index is -0.898. The fraction of sp³-hybridized carbons (Fsp3) is 0.529. The average molecular weight is 339 g/mol. The van der Waals surface area contributed by atoms with Crippen LogP contribution in [0.15, 0.2) is 18.2 Å². The van der Waals surface area contributed by atoms with Crippen LogP contribution >= 0.6 is 0 Å². The van der Waals surface area contributed by atoms with Gasteiger partial charge < -0.3 is 16.0 Å². The first-order valence-corrected chi connectivity index (χ1v) is 8.21. The first kappa shape index (κ1) is 18.3. The number of rotatable bonds is 6. The summed E-state index contributed by atoms with van der Waals surface area (Å²) < 4.78 is 26.3. The Balaban J connectivity index is 1.66. The third kappa shape index (κ3) is 5.56. The van der Waals surface area contributed by atoms with Crippen LogP contribution in [0.5, 0.6) is 0 Å². The van der Waals surface area contributed by atoms with Gasteiger partial charge in [0.05, 0.1) is 5.56 Å². The quantitative estimate of drug-likeness (QED) is 0.692. The highest BCUT2D eigenvalue weighted by atomic mass is 19.1. The molecule has 1 heterocycles. The molecule has 3 N–H and O–H groups in total. The smallest absolute Gasteiger partial charge is 0.254 e. The minimum Gasteiger partial charge on any atom is -0.353 e. The molecule has 0 radical (unpaired) electrons. The summed E-state index contributed by atoms with van der Waals surface area (Å²) in [4.78, 5) is 23.7. The van der Waals surface area contributed by atoms with E-state index in [2.05, 4.69) is 22.9 Å². The van der Waals surface area contributed by atoms with Gasteiger partial charge in [0, 0.05) is 31.1 Å². The third-order valence-corrected chi connectivity index (χ3v) is 4.03. The molecular weight excluding hydrogens is 316 g/mol. The van der Waals surface area contributed by atoms with Crippen molar-refractivity contribution in [2.45, 2.75) is 44.7 Å². The Bertz CT molecular complexity index is 595. The molecule has 1 aliphatic heterocycles. The molecule has 2 amide bonds. The van der Waals surface area contributed by atoms with Gasteiger partial charge in [-0.2, -0.15) is 0 Å². The van der Waals surface area contributed by atoms with Crippen LogP contribution in [0, 0.1) is 11.6 Å². The molecule has 0 spiro atoms. The van der Waals surface area contributed by atoms with Crippen LogP contribution in [0.3, 0.4) is 0 Å². The van der Waals surface area contributed by atoms with Crippen molar-refractivity contribution in [1.29, 1.82) is 0 Å². The molecule has 0 aliphatic carbocycles. The largest absolute Gasteiger partial charge is 0.353 e. The number of benzene rings is 1. The van der Waals surface area contributed by atoms with Crippen molar-refractivity contribution in [1.82, 2.24) is 16.0 Å². The highest BCUT2D eigenvalue weighted by molar-refractivity contribution is 5.94. The molecule has 2 atom stereocenters. The van der Waals surface area contributed by atoms with Crippen LogP contribution < -0.4 is 16.0 Å². The lowest BCUT2D eigenvalue weighted by molar-refractivity contribution is -0.122. The monoisotopic (exact) mass is 339 g/mol. The summed E-state index contributed by atoms with van der Waals surface area (Å²) in [6.07, 6.45) is 2.58. The summed E-state index contributed by atoms with van der Waals surface area (Å²) in [5.74, 6) is -2.28. The van der Waals surface area contributed by atoms with Gasteiger partial charge in [0.2, 0.25) is 5.91 Å². The van der Waals surface area contributed by atoms with Gasteiger partial charge in [-0.05, 0) is 44.9 Å². The van der Waals surface area contributed by atoms with Gasteiger partial charge in [-0.1, -0.05) is 0 Å². The molecule has 132 valence electrons. The summed E-state index contributed by atoms with van der Waals surface area (Å²) in [5.41, 5.74) is -0.204. The Hall–Kier alpha value is -2.02. The summed E-state index contributed by atoms with van der Waals surface area (Å²) in [7, 11) is 0. The summed E-state index contributed by atoms with van der Waals surface area (Å²) >= 11 is 0. The molecule has 24 heavy (non-hydrogen) atoms. The van der Waals surface area contributed by atoms with E-state index in [0.717, 1.165) is 31.5 Å². The van der Waals surface area contributed by atoms with E-state index in [1.54, 1.807) is 0 Å². The highest BCUT2D eigenvalue weighted by Gasteiger charge is 2.19. The van der Waals surface area contributed by atoms with Crippen LogP contribution in [0.25, 0.3) is 0 Å². The number of carbonyl (C=O) groups excluding carboxylic acids is 2. The molecular formula is C17H23F2N3O2. The van der Waals surface area contributed by atoms with Crippen molar-refractivity contribution < 1.29 is 18.4 Å².